The van der Waals surface area contributed by atoms with Gasteiger partial charge in [0.15, 0.2) is 0 Å². The molecule has 0 aliphatic carbocycles. The number of anilines is 2. The van der Waals surface area contributed by atoms with E-state index in [1.165, 1.54) is 0 Å². The van der Waals surface area contributed by atoms with Crippen molar-refractivity contribution in [2.24, 2.45) is 7.05 Å². The molecule has 19 heavy (non-hydrogen) atoms. The molecule has 0 atom stereocenters. The SMILES string of the molecule is CNc1nc(C)nc(N(C)Cc2nccn2C)c1C. The third kappa shape index (κ3) is 2.67. The van der Waals surface area contributed by atoms with E-state index in [9.17, 15) is 0 Å². The van der Waals surface area contributed by atoms with Crippen molar-refractivity contribution < 1.29 is 0 Å². The molecule has 0 aliphatic rings. The van der Waals surface area contributed by atoms with Gasteiger partial charge < -0.3 is 14.8 Å². The van der Waals surface area contributed by atoms with Gasteiger partial charge in [-0.2, -0.15) is 0 Å². The normalized spacial score (nSPS) is 10.6. The van der Waals surface area contributed by atoms with Crippen LogP contribution in [0, 0.1) is 13.8 Å². The van der Waals surface area contributed by atoms with Crippen LogP contribution in [0.15, 0.2) is 12.4 Å². The predicted octanol–water partition coefficient (Wildman–Crippen LogP) is 1.51. The molecule has 2 rings (SSSR count). The average molecular weight is 260 g/mol. The Morgan fingerprint density at radius 1 is 1.32 bits per heavy atom. The Labute approximate surface area is 113 Å². The highest BCUT2D eigenvalue weighted by Gasteiger charge is 2.13. The number of imidazole rings is 1. The van der Waals surface area contributed by atoms with Gasteiger partial charge in [-0.15, -0.1) is 0 Å². The Hall–Kier alpha value is -2.11. The van der Waals surface area contributed by atoms with E-state index in [1.807, 2.05) is 45.8 Å². The lowest BCUT2D eigenvalue weighted by Gasteiger charge is -2.21. The monoisotopic (exact) mass is 260 g/mol. The van der Waals surface area contributed by atoms with E-state index in [-0.39, 0.29) is 0 Å². The Kier molecular flexibility index (Phi) is 3.69. The molecular weight excluding hydrogens is 240 g/mol. The van der Waals surface area contributed by atoms with Crippen LogP contribution in [0.1, 0.15) is 17.2 Å². The fraction of sp³-hybridized carbons (Fsp3) is 0.462. The first kappa shape index (κ1) is 13.3. The van der Waals surface area contributed by atoms with Gasteiger partial charge in [0.2, 0.25) is 0 Å². The van der Waals surface area contributed by atoms with Gasteiger partial charge in [0.1, 0.15) is 23.3 Å². The molecule has 6 heteroatoms. The van der Waals surface area contributed by atoms with E-state index in [1.54, 1.807) is 6.20 Å². The molecule has 0 bridgehead atoms. The highest BCUT2D eigenvalue weighted by atomic mass is 15.2. The number of nitrogens with one attached hydrogen (secondary N) is 1. The van der Waals surface area contributed by atoms with E-state index in [2.05, 4.69) is 25.2 Å². The van der Waals surface area contributed by atoms with Crippen molar-refractivity contribution >= 4 is 11.6 Å². The highest BCUT2D eigenvalue weighted by Crippen LogP contribution is 2.23. The van der Waals surface area contributed by atoms with Gasteiger partial charge in [-0.05, 0) is 13.8 Å². The standard InChI is InChI=1S/C13H20N6/c1-9-12(14-3)16-10(2)17-13(9)19(5)8-11-15-6-7-18(11)4/h6-7H,8H2,1-5H3,(H,14,16,17). The predicted molar refractivity (Wildman–Crippen MR) is 76.4 cm³/mol. The zero-order chi connectivity index (χ0) is 14.0. The molecule has 0 aromatic carbocycles. The molecule has 0 spiro atoms. The van der Waals surface area contributed by atoms with Gasteiger partial charge in [-0.3, -0.25) is 0 Å². The molecule has 0 saturated heterocycles. The smallest absolute Gasteiger partial charge is 0.137 e. The van der Waals surface area contributed by atoms with Crippen LogP contribution < -0.4 is 10.2 Å². The fourth-order valence-corrected chi connectivity index (χ4v) is 2.06. The Morgan fingerprint density at radius 2 is 2.05 bits per heavy atom. The summed E-state index contributed by atoms with van der Waals surface area (Å²) in [4.78, 5) is 15.3. The second-order valence-electron chi connectivity index (χ2n) is 4.63. The summed E-state index contributed by atoms with van der Waals surface area (Å²) in [5.41, 5.74) is 1.05. The highest BCUT2D eigenvalue weighted by molar-refractivity contribution is 5.58. The van der Waals surface area contributed by atoms with Crippen molar-refractivity contribution in [3.63, 3.8) is 0 Å². The Balaban J connectivity index is 2.31. The lowest BCUT2D eigenvalue weighted by atomic mass is 10.3. The minimum atomic E-state index is 0.712. The van der Waals surface area contributed by atoms with E-state index in [0.29, 0.717) is 6.54 Å². The molecular formula is C13H20N6. The van der Waals surface area contributed by atoms with E-state index >= 15 is 0 Å². The van der Waals surface area contributed by atoms with Crippen LogP contribution in [0.3, 0.4) is 0 Å². The number of rotatable bonds is 4. The summed E-state index contributed by atoms with van der Waals surface area (Å²) in [5, 5.41) is 3.10. The van der Waals surface area contributed by atoms with Gasteiger partial charge in [-0.25, -0.2) is 15.0 Å². The summed E-state index contributed by atoms with van der Waals surface area (Å²) >= 11 is 0. The number of hydrogen-bond donors (Lipinski definition) is 1. The first-order chi connectivity index (χ1) is 9.02. The van der Waals surface area contributed by atoms with Gasteiger partial charge in [-0.1, -0.05) is 0 Å². The third-order valence-electron chi connectivity index (χ3n) is 3.13. The van der Waals surface area contributed by atoms with Crippen LogP contribution in [0.25, 0.3) is 0 Å². The minimum Gasteiger partial charge on any atom is -0.373 e. The van der Waals surface area contributed by atoms with Crippen molar-refractivity contribution in [1.29, 1.82) is 0 Å². The minimum absolute atomic E-state index is 0.712. The zero-order valence-corrected chi connectivity index (χ0v) is 12.1. The van der Waals surface area contributed by atoms with Crippen LogP contribution in [0.5, 0.6) is 0 Å². The van der Waals surface area contributed by atoms with Crippen molar-refractivity contribution in [2.75, 3.05) is 24.3 Å². The molecule has 1 N–H and O–H groups in total. The van der Waals surface area contributed by atoms with E-state index in [4.69, 9.17) is 0 Å². The summed E-state index contributed by atoms with van der Waals surface area (Å²) in [6.45, 7) is 4.64. The van der Waals surface area contributed by atoms with Crippen LogP contribution in [0.4, 0.5) is 11.6 Å². The molecule has 0 radical (unpaired) electrons. The average Bonchev–Trinajstić information content (AvgIpc) is 2.77. The molecule has 2 aromatic heterocycles. The molecule has 2 heterocycles. The lowest BCUT2D eigenvalue weighted by Crippen LogP contribution is -2.22. The maximum absolute atomic E-state index is 4.53. The van der Waals surface area contributed by atoms with Crippen LogP contribution in [-0.4, -0.2) is 33.6 Å². The molecule has 0 fully saturated rings. The largest absolute Gasteiger partial charge is 0.373 e. The topological polar surface area (TPSA) is 58.9 Å². The van der Waals surface area contributed by atoms with Crippen LogP contribution in [0.2, 0.25) is 0 Å². The maximum atomic E-state index is 4.53. The number of nitrogens with zero attached hydrogens (tertiary/aromatic N) is 5. The first-order valence-electron chi connectivity index (χ1n) is 6.23. The molecule has 0 aliphatic heterocycles. The molecule has 6 nitrogen and oxygen atoms in total. The third-order valence-corrected chi connectivity index (χ3v) is 3.13. The fourth-order valence-electron chi connectivity index (χ4n) is 2.06. The second-order valence-corrected chi connectivity index (χ2v) is 4.63. The second kappa shape index (κ2) is 5.26. The van der Waals surface area contributed by atoms with Crippen molar-refractivity contribution in [1.82, 2.24) is 19.5 Å². The number of aryl methyl sites for hydroxylation is 2. The van der Waals surface area contributed by atoms with Gasteiger partial charge in [0.25, 0.3) is 0 Å². The number of hydrogen-bond acceptors (Lipinski definition) is 5. The van der Waals surface area contributed by atoms with Crippen molar-refractivity contribution in [2.45, 2.75) is 20.4 Å². The lowest BCUT2D eigenvalue weighted by molar-refractivity contribution is 0.750. The summed E-state index contributed by atoms with van der Waals surface area (Å²) < 4.78 is 2.01. The van der Waals surface area contributed by atoms with Gasteiger partial charge in [0, 0.05) is 39.1 Å². The molecule has 2 aromatic rings. The van der Waals surface area contributed by atoms with Crippen LogP contribution >= 0.6 is 0 Å². The number of aromatic nitrogens is 4. The summed E-state index contributed by atoms with van der Waals surface area (Å²) in [6.07, 6.45) is 3.75. The molecule has 0 saturated carbocycles. The summed E-state index contributed by atoms with van der Waals surface area (Å²) in [5.74, 6) is 3.56. The van der Waals surface area contributed by atoms with E-state index < -0.39 is 0 Å². The summed E-state index contributed by atoms with van der Waals surface area (Å²) in [7, 11) is 5.88. The molecule has 0 amide bonds. The van der Waals surface area contributed by atoms with Gasteiger partial charge >= 0.3 is 0 Å². The first-order valence-corrected chi connectivity index (χ1v) is 6.23. The van der Waals surface area contributed by atoms with Crippen molar-refractivity contribution in [3.8, 4) is 0 Å². The maximum Gasteiger partial charge on any atom is 0.137 e. The Morgan fingerprint density at radius 3 is 2.63 bits per heavy atom. The molecule has 0 unspecified atom stereocenters. The Bertz CT molecular complexity index is 575. The molecule has 102 valence electrons. The zero-order valence-electron chi connectivity index (χ0n) is 12.1. The van der Waals surface area contributed by atoms with Gasteiger partial charge in [0.05, 0.1) is 6.54 Å². The van der Waals surface area contributed by atoms with E-state index in [0.717, 1.165) is 28.8 Å². The van der Waals surface area contributed by atoms with Crippen LogP contribution in [-0.2, 0) is 13.6 Å². The summed E-state index contributed by atoms with van der Waals surface area (Å²) in [6, 6.07) is 0. The van der Waals surface area contributed by atoms with Crippen molar-refractivity contribution in [3.05, 3.63) is 29.6 Å². The quantitative estimate of drug-likeness (QED) is 0.903.